The van der Waals surface area contributed by atoms with Crippen LogP contribution in [0, 0.1) is 5.92 Å². The minimum atomic E-state index is -0.670. The van der Waals surface area contributed by atoms with Crippen molar-refractivity contribution in [3.05, 3.63) is 0 Å². The van der Waals surface area contributed by atoms with Crippen molar-refractivity contribution in [3.63, 3.8) is 0 Å². The van der Waals surface area contributed by atoms with Gasteiger partial charge in [-0.25, -0.2) is 10.0 Å². The van der Waals surface area contributed by atoms with Gasteiger partial charge in [0.1, 0.15) is 4.93 Å². The molecule has 1 fully saturated rings. The molecule has 74 valence electrons. The molecular formula is C10H22OS. The Labute approximate surface area is 77.9 Å². The minimum Gasteiger partial charge on any atom is -0.380 e. The van der Waals surface area contributed by atoms with Gasteiger partial charge < -0.3 is 5.11 Å². The van der Waals surface area contributed by atoms with Crippen molar-refractivity contribution in [1.82, 2.24) is 0 Å². The molecule has 0 saturated carbocycles. The van der Waals surface area contributed by atoms with E-state index in [-0.39, 0.29) is 4.93 Å². The topological polar surface area (TPSA) is 20.2 Å². The number of hydrogen-bond acceptors (Lipinski definition) is 1. The van der Waals surface area contributed by atoms with E-state index in [9.17, 15) is 5.11 Å². The summed E-state index contributed by atoms with van der Waals surface area (Å²) in [6, 6.07) is 0. The van der Waals surface area contributed by atoms with Crippen molar-refractivity contribution >= 4 is 10.0 Å². The normalized spacial score (nSPS) is 46.3. The summed E-state index contributed by atoms with van der Waals surface area (Å²) in [5, 5.41) is 10.7. The molecule has 2 unspecified atom stereocenters. The lowest BCUT2D eigenvalue weighted by atomic mass is 10.3. The van der Waals surface area contributed by atoms with E-state index in [4.69, 9.17) is 0 Å². The fourth-order valence-electron chi connectivity index (χ4n) is 2.15. The second-order valence-corrected chi connectivity index (χ2v) is 9.20. The van der Waals surface area contributed by atoms with Crippen LogP contribution in [0.15, 0.2) is 0 Å². The van der Waals surface area contributed by atoms with Gasteiger partial charge in [0, 0.05) is 5.75 Å². The second kappa shape index (κ2) is 2.91. The van der Waals surface area contributed by atoms with Crippen LogP contribution in [0.4, 0.5) is 0 Å². The van der Waals surface area contributed by atoms with Crippen LogP contribution < -0.4 is 0 Å². The van der Waals surface area contributed by atoms with Gasteiger partial charge in [-0.3, -0.25) is 0 Å². The third-order valence-electron chi connectivity index (χ3n) is 2.85. The van der Waals surface area contributed by atoms with Crippen molar-refractivity contribution in [2.24, 2.45) is 5.92 Å². The second-order valence-electron chi connectivity index (χ2n) is 4.87. The maximum atomic E-state index is 10.00. The summed E-state index contributed by atoms with van der Waals surface area (Å²) in [4.78, 5) is -0.300. The molecule has 0 amide bonds. The Kier molecular flexibility index (Phi) is 2.52. The van der Waals surface area contributed by atoms with Gasteiger partial charge in [0.15, 0.2) is 0 Å². The molecule has 2 atom stereocenters. The highest BCUT2D eigenvalue weighted by atomic mass is 32.3. The standard InChI is InChI=1S/C10H22OS/c1-8(2)6-12(9(3)4)7-10(12,5)11/h8-9,11H,6-7H2,1-5H3. The SMILES string of the molecule is CC(C)CS1(C(C)C)CC1(C)O. The van der Waals surface area contributed by atoms with Gasteiger partial charge in [0.05, 0.1) is 0 Å². The lowest BCUT2D eigenvalue weighted by Crippen LogP contribution is -2.15. The zero-order valence-electron chi connectivity index (χ0n) is 8.92. The van der Waals surface area contributed by atoms with Gasteiger partial charge in [-0.1, -0.05) is 27.7 Å². The van der Waals surface area contributed by atoms with Gasteiger partial charge >= 0.3 is 0 Å². The highest BCUT2D eigenvalue weighted by Crippen LogP contribution is 2.77. The maximum Gasteiger partial charge on any atom is 0.100 e. The molecule has 1 rings (SSSR count). The van der Waals surface area contributed by atoms with Gasteiger partial charge in [-0.2, -0.15) is 0 Å². The van der Waals surface area contributed by atoms with Crippen LogP contribution in [0.25, 0.3) is 0 Å². The Bertz CT molecular complexity index is 175. The molecule has 1 N–H and O–H groups in total. The smallest absolute Gasteiger partial charge is 0.100 e. The molecule has 2 heteroatoms. The van der Waals surface area contributed by atoms with E-state index in [2.05, 4.69) is 27.7 Å². The average Bonchev–Trinajstić information content (AvgIpc) is 2.33. The van der Waals surface area contributed by atoms with E-state index in [1.807, 2.05) is 6.92 Å². The van der Waals surface area contributed by atoms with Crippen LogP contribution in [-0.4, -0.2) is 26.8 Å². The summed E-state index contributed by atoms with van der Waals surface area (Å²) in [6.45, 7) is 11.1. The highest BCUT2D eigenvalue weighted by Gasteiger charge is 2.60. The van der Waals surface area contributed by atoms with Crippen molar-refractivity contribution in [3.8, 4) is 0 Å². The fraction of sp³-hybridized carbons (Fsp3) is 1.00. The number of rotatable bonds is 3. The first-order valence-electron chi connectivity index (χ1n) is 4.81. The molecule has 1 aliphatic rings. The molecule has 0 radical (unpaired) electrons. The highest BCUT2D eigenvalue weighted by molar-refractivity contribution is 8.41. The quantitative estimate of drug-likeness (QED) is 0.678. The molecule has 0 aliphatic carbocycles. The Morgan fingerprint density at radius 1 is 1.33 bits per heavy atom. The molecule has 1 saturated heterocycles. The maximum absolute atomic E-state index is 10.00. The molecule has 0 bridgehead atoms. The fourth-order valence-corrected chi connectivity index (χ4v) is 6.90. The summed E-state index contributed by atoms with van der Waals surface area (Å²) >= 11 is 0. The zero-order valence-corrected chi connectivity index (χ0v) is 9.74. The largest absolute Gasteiger partial charge is 0.380 e. The summed E-state index contributed by atoms with van der Waals surface area (Å²) in [7, 11) is -0.670. The van der Waals surface area contributed by atoms with E-state index in [1.165, 1.54) is 5.75 Å². The van der Waals surface area contributed by atoms with Gasteiger partial charge in [0.2, 0.25) is 0 Å². The third kappa shape index (κ3) is 1.51. The molecule has 12 heavy (non-hydrogen) atoms. The van der Waals surface area contributed by atoms with E-state index in [0.29, 0.717) is 5.25 Å². The minimum absolute atomic E-state index is 0.300. The lowest BCUT2D eigenvalue weighted by Gasteiger charge is -2.31. The first-order chi connectivity index (χ1) is 5.32. The van der Waals surface area contributed by atoms with Crippen molar-refractivity contribution < 1.29 is 5.11 Å². The van der Waals surface area contributed by atoms with Crippen LogP contribution in [0.3, 0.4) is 0 Å². The first kappa shape index (κ1) is 10.4. The van der Waals surface area contributed by atoms with Crippen LogP contribution in [0.2, 0.25) is 0 Å². The molecule has 0 aromatic heterocycles. The predicted molar refractivity (Wildman–Crippen MR) is 57.9 cm³/mol. The molecule has 1 aliphatic heterocycles. The Morgan fingerprint density at radius 3 is 1.83 bits per heavy atom. The Morgan fingerprint density at radius 2 is 1.75 bits per heavy atom. The average molecular weight is 190 g/mol. The molecule has 0 spiro atoms. The third-order valence-corrected chi connectivity index (χ3v) is 8.54. The van der Waals surface area contributed by atoms with E-state index in [1.54, 1.807) is 0 Å². The van der Waals surface area contributed by atoms with Crippen molar-refractivity contribution in [2.75, 3.05) is 11.5 Å². The van der Waals surface area contributed by atoms with E-state index >= 15 is 0 Å². The van der Waals surface area contributed by atoms with E-state index < -0.39 is 10.0 Å². The molecule has 0 aromatic carbocycles. The van der Waals surface area contributed by atoms with Crippen LogP contribution >= 0.6 is 10.0 Å². The van der Waals surface area contributed by atoms with Gasteiger partial charge in [0.25, 0.3) is 0 Å². The van der Waals surface area contributed by atoms with Gasteiger partial charge in [-0.05, 0) is 23.8 Å². The molecular weight excluding hydrogens is 168 g/mol. The Hall–Kier alpha value is 0.310. The van der Waals surface area contributed by atoms with Crippen LogP contribution in [0.1, 0.15) is 34.6 Å². The molecule has 1 nitrogen and oxygen atoms in total. The Balaban J connectivity index is 2.66. The first-order valence-corrected chi connectivity index (χ1v) is 6.85. The monoisotopic (exact) mass is 190 g/mol. The van der Waals surface area contributed by atoms with Crippen LogP contribution in [0.5, 0.6) is 0 Å². The summed E-state index contributed by atoms with van der Waals surface area (Å²) in [5.41, 5.74) is 0. The predicted octanol–water partition coefficient (Wildman–Crippen LogP) is 2.58. The van der Waals surface area contributed by atoms with Gasteiger partial charge in [-0.15, -0.1) is 0 Å². The summed E-state index contributed by atoms with van der Waals surface area (Å²) in [5.74, 6) is 3.06. The van der Waals surface area contributed by atoms with Crippen molar-refractivity contribution in [1.29, 1.82) is 0 Å². The summed E-state index contributed by atoms with van der Waals surface area (Å²) < 4.78 is 0. The van der Waals surface area contributed by atoms with Crippen molar-refractivity contribution in [2.45, 2.75) is 44.8 Å². The number of aliphatic hydroxyl groups is 1. The lowest BCUT2D eigenvalue weighted by molar-refractivity contribution is 0.211. The van der Waals surface area contributed by atoms with E-state index in [0.717, 1.165) is 11.7 Å². The number of hydrogen-bond donors (Lipinski definition) is 1. The molecule has 0 aromatic rings. The molecule has 1 heterocycles. The van der Waals surface area contributed by atoms with Crippen LogP contribution in [-0.2, 0) is 0 Å². The zero-order chi connectivity index (χ0) is 9.57. The summed E-state index contributed by atoms with van der Waals surface area (Å²) in [6.07, 6.45) is 0.